The van der Waals surface area contributed by atoms with Crippen LogP contribution in [0.15, 0.2) is 72.2 Å². The predicted molar refractivity (Wildman–Crippen MR) is 109 cm³/mol. The summed E-state index contributed by atoms with van der Waals surface area (Å²) in [5.74, 6) is -0.443. The number of esters is 1. The van der Waals surface area contributed by atoms with E-state index in [1.807, 2.05) is 12.1 Å². The first-order valence-corrected chi connectivity index (χ1v) is 9.20. The molecule has 0 radical (unpaired) electrons. The summed E-state index contributed by atoms with van der Waals surface area (Å²) in [6.07, 6.45) is 4.37. The van der Waals surface area contributed by atoms with E-state index in [1.165, 1.54) is 42.1 Å². The van der Waals surface area contributed by atoms with Crippen molar-refractivity contribution in [3.63, 3.8) is 0 Å². The van der Waals surface area contributed by atoms with Crippen molar-refractivity contribution in [2.24, 2.45) is 0 Å². The maximum absolute atomic E-state index is 12.0. The summed E-state index contributed by atoms with van der Waals surface area (Å²) < 4.78 is 4.91. The topological polar surface area (TPSA) is 98.5 Å². The molecular formula is C20H18N2O5S. The van der Waals surface area contributed by atoms with Gasteiger partial charge in [0.25, 0.3) is 11.6 Å². The molecule has 0 aliphatic carbocycles. The van der Waals surface area contributed by atoms with Crippen molar-refractivity contribution >= 4 is 41.1 Å². The van der Waals surface area contributed by atoms with Crippen molar-refractivity contribution in [2.75, 3.05) is 17.7 Å². The number of nitrogens with one attached hydrogen (secondary N) is 1. The number of hydrogen-bond acceptors (Lipinski definition) is 6. The van der Waals surface area contributed by atoms with Crippen LogP contribution >= 0.6 is 11.8 Å². The third-order valence-electron chi connectivity index (χ3n) is 3.38. The molecule has 0 spiro atoms. The molecule has 1 amide bonds. The molecule has 8 heteroatoms. The molecule has 28 heavy (non-hydrogen) atoms. The summed E-state index contributed by atoms with van der Waals surface area (Å²) in [6, 6.07) is 13.0. The molecule has 0 atom stereocenters. The van der Waals surface area contributed by atoms with Crippen LogP contribution in [0.3, 0.4) is 0 Å². The Hall–Kier alpha value is -3.39. The minimum Gasteiger partial charge on any atom is -0.452 e. The average Bonchev–Trinajstić information content (AvgIpc) is 2.70. The van der Waals surface area contributed by atoms with Crippen molar-refractivity contribution in [1.29, 1.82) is 0 Å². The zero-order valence-electron chi connectivity index (χ0n) is 14.9. The Balaban J connectivity index is 1.84. The van der Waals surface area contributed by atoms with E-state index in [0.717, 1.165) is 11.0 Å². The van der Waals surface area contributed by atoms with Gasteiger partial charge >= 0.3 is 5.97 Å². The van der Waals surface area contributed by atoms with Gasteiger partial charge in [0.15, 0.2) is 6.61 Å². The van der Waals surface area contributed by atoms with E-state index < -0.39 is 23.4 Å². The number of amides is 1. The number of hydrogen-bond donors (Lipinski definition) is 1. The van der Waals surface area contributed by atoms with Crippen molar-refractivity contribution in [3.05, 3.63) is 82.9 Å². The van der Waals surface area contributed by atoms with Crippen molar-refractivity contribution in [2.45, 2.75) is 4.90 Å². The van der Waals surface area contributed by atoms with E-state index in [-0.39, 0.29) is 5.69 Å². The summed E-state index contributed by atoms with van der Waals surface area (Å²) in [6.45, 7) is 3.24. The standard InChI is InChI=1S/C20H18N2O5S/c1-2-13-28-18-6-4-3-5-17(18)21-19(23)14-27-20(24)12-9-15-7-10-16(11-8-15)22(25)26/h2-12H,1,13-14H2,(H,21,23)/b12-9+. The summed E-state index contributed by atoms with van der Waals surface area (Å²) >= 11 is 1.53. The summed E-state index contributed by atoms with van der Waals surface area (Å²) in [7, 11) is 0. The predicted octanol–water partition coefficient (Wildman–Crippen LogP) is 4.07. The highest BCUT2D eigenvalue weighted by molar-refractivity contribution is 7.99. The maximum atomic E-state index is 12.0. The number of anilines is 1. The minimum atomic E-state index is -0.692. The number of nitrogens with zero attached hydrogens (tertiary/aromatic N) is 1. The van der Waals surface area contributed by atoms with E-state index in [2.05, 4.69) is 11.9 Å². The number of nitro groups is 1. The molecular weight excluding hydrogens is 380 g/mol. The number of para-hydroxylation sites is 1. The van der Waals surface area contributed by atoms with E-state index >= 15 is 0 Å². The number of carbonyl (C=O) groups is 2. The lowest BCUT2D eigenvalue weighted by atomic mass is 10.2. The molecule has 0 bridgehead atoms. The van der Waals surface area contributed by atoms with E-state index in [9.17, 15) is 19.7 Å². The normalized spacial score (nSPS) is 10.4. The third-order valence-corrected chi connectivity index (χ3v) is 4.45. The molecule has 2 aromatic carbocycles. The van der Waals surface area contributed by atoms with E-state index in [1.54, 1.807) is 18.2 Å². The van der Waals surface area contributed by atoms with E-state index in [0.29, 0.717) is 17.0 Å². The van der Waals surface area contributed by atoms with Crippen molar-refractivity contribution in [1.82, 2.24) is 0 Å². The molecule has 2 rings (SSSR count). The first kappa shape index (κ1) is 20.9. The molecule has 0 heterocycles. The van der Waals surface area contributed by atoms with Crippen molar-refractivity contribution in [3.8, 4) is 0 Å². The molecule has 144 valence electrons. The lowest BCUT2D eigenvalue weighted by Crippen LogP contribution is -2.20. The molecule has 0 aromatic heterocycles. The number of non-ortho nitro benzene ring substituents is 1. The second-order valence-corrected chi connectivity index (χ2v) is 6.50. The Morgan fingerprint density at radius 3 is 2.57 bits per heavy atom. The van der Waals surface area contributed by atoms with Crippen LogP contribution in [0.25, 0.3) is 6.08 Å². The second kappa shape index (κ2) is 10.7. The van der Waals surface area contributed by atoms with Crippen molar-refractivity contribution < 1.29 is 19.2 Å². The fraction of sp³-hybridized carbons (Fsp3) is 0.100. The lowest BCUT2D eigenvalue weighted by Gasteiger charge is -2.10. The largest absolute Gasteiger partial charge is 0.452 e. The molecule has 0 aliphatic heterocycles. The van der Waals surface area contributed by atoms with Gasteiger partial charge in [-0.3, -0.25) is 14.9 Å². The highest BCUT2D eigenvalue weighted by Gasteiger charge is 2.09. The van der Waals surface area contributed by atoms with Crippen LogP contribution in [-0.4, -0.2) is 29.2 Å². The van der Waals surface area contributed by atoms with Crippen LogP contribution in [0.1, 0.15) is 5.56 Å². The van der Waals surface area contributed by atoms with Crippen LogP contribution < -0.4 is 5.32 Å². The number of carbonyl (C=O) groups excluding carboxylic acids is 2. The monoisotopic (exact) mass is 398 g/mol. The number of thioether (sulfide) groups is 1. The average molecular weight is 398 g/mol. The van der Waals surface area contributed by atoms with Crippen LogP contribution in [0.2, 0.25) is 0 Å². The van der Waals surface area contributed by atoms with Gasteiger partial charge in [0.2, 0.25) is 0 Å². The fourth-order valence-corrected chi connectivity index (χ4v) is 2.83. The number of benzene rings is 2. The van der Waals surface area contributed by atoms with Gasteiger partial charge in [0.1, 0.15) is 0 Å². The number of rotatable bonds is 9. The quantitative estimate of drug-likeness (QED) is 0.171. The summed E-state index contributed by atoms with van der Waals surface area (Å²) in [5.41, 5.74) is 1.19. The SMILES string of the molecule is C=CCSc1ccccc1NC(=O)COC(=O)/C=C/c1ccc([N+](=O)[O-])cc1. The van der Waals surface area contributed by atoms with Gasteiger partial charge in [0.05, 0.1) is 10.6 Å². The third kappa shape index (κ3) is 6.73. The highest BCUT2D eigenvalue weighted by Crippen LogP contribution is 2.26. The first-order valence-electron chi connectivity index (χ1n) is 8.21. The van der Waals surface area contributed by atoms with Gasteiger partial charge < -0.3 is 10.1 Å². The minimum absolute atomic E-state index is 0.0390. The second-order valence-electron chi connectivity index (χ2n) is 5.43. The molecule has 2 aromatic rings. The Morgan fingerprint density at radius 1 is 1.18 bits per heavy atom. The Labute approximate surface area is 166 Å². The highest BCUT2D eigenvalue weighted by atomic mass is 32.2. The first-order chi connectivity index (χ1) is 13.5. The Bertz CT molecular complexity index is 894. The molecule has 0 unspecified atom stereocenters. The smallest absolute Gasteiger partial charge is 0.331 e. The molecule has 0 saturated heterocycles. The van der Waals surface area contributed by atoms with Gasteiger partial charge in [-0.25, -0.2) is 4.79 Å². The Morgan fingerprint density at radius 2 is 1.89 bits per heavy atom. The molecule has 0 fully saturated rings. The van der Waals surface area contributed by atoms with Gasteiger partial charge in [-0.15, -0.1) is 18.3 Å². The molecule has 0 aliphatic rings. The van der Waals surface area contributed by atoms with Gasteiger partial charge in [0, 0.05) is 28.9 Å². The zero-order chi connectivity index (χ0) is 20.4. The lowest BCUT2D eigenvalue weighted by molar-refractivity contribution is -0.384. The van der Waals surface area contributed by atoms with Crippen LogP contribution in [0.5, 0.6) is 0 Å². The fourth-order valence-electron chi connectivity index (χ4n) is 2.09. The van der Waals surface area contributed by atoms with Gasteiger partial charge in [-0.05, 0) is 35.9 Å². The van der Waals surface area contributed by atoms with E-state index in [4.69, 9.17) is 4.74 Å². The van der Waals surface area contributed by atoms with Crippen LogP contribution in [-0.2, 0) is 14.3 Å². The zero-order valence-corrected chi connectivity index (χ0v) is 15.7. The summed E-state index contributed by atoms with van der Waals surface area (Å²) in [4.78, 5) is 34.7. The summed E-state index contributed by atoms with van der Waals surface area (Å²) in [5, 5.41) is 13.3. The molecule has 0 saturated carbocycles. The maximum Gasteiger partial charge on any atom is 0.331 e. The van der Waals surface area contributed by atoms with Gasteiger partial charge in [-0.1, -0.05) is 18.2 Å². The van der Waals surface area contributed by atoms with Crippen LogP contribution in [0.4, 0.5) is 11.4 Å². The van der Waals surface area contributed by atoms with Crippen LogP contribution in [0, 0.1) is 10.1 Å². The van der Waals surface area contributed by atoms with Gasteiger partial charge in [-0.2, -0.15) is 0 Å². The Kier molecular flexibility index (Phi) is 7.98. The number of nitro benzene ring substituents is 1. The molecule has 7 nitrogen and oxygen atoms in total. The number of ether oxygens (including phenoxy) is 1. The molecule has 1 N–H and O–H groups in total.